The van der Waals surface area contributed by atoms with Crippen molar-refractivity contribution in [2.45, 2.75) is 44.8 Å². The molecule has 1 heterocycles. The molecule has 1 aliphatic rings. The highest BCUT2D eigenvalue weighted by molar-refractivity contribution is 6.42. The van der Waals surface area contributed by atoms with Crippen LogP contribution in [0.1, 0.15) is 50.3 Å². The standard InChI is InChI=1S/C20H23Cl2NO/c1-13(14-8-9-17(21)18(22)10-14)23-12-15-11-20(2,3)24-19-7-5-4-6-16(15)19/h4-10,13,15,23H,11-12H2,1-3H3/t13?,15-/m0/s1. The Kier molecular flexibility index (Phi) is 5.10. The molecular weight excluding hydrogens is 341 g/mol. The summed E-state index contributed by atoms with van der Waals surface area (Å²) in [5.74, 6) is 1.43. The molecule has 0 spiro atoms. The highest BCUT2D eigenvalue weighted by Gasteiger charge is 2.33. The van der Waals surface area contributed by atoms with E-state index < -0.39 is 0 Å². The van der Waals surface area contributed by atoms with E-state index in [0.29, 0.717) is 16.0 Å². The first-order valence-electron chi connectivity index (χ1n) is 8.32. The van der Waals surface area contributed by atoms with E-state index in [1.165, 1.54) is 5.56 Å². The molecule has 2 aromatic rings. The maximum absolute atomic E-state index is 6.13. The van der Waals surface area contributed by atoms with Crippen LogP contribution in [-0.4, -0.2) is 12.1 Å². The van der Waals surface area contributed by atoms with Crippen LogP contribution in [-0.2, 0) is 0 Å². The molecule has 2 aromatic carbocycles. The van der Waals surface area contributed by atoms with Gasteiger partial charge in [0, 0.05) is 18.5 Å². The van der Waals surface area contributed by atoms with Gasteiger partial charge in [-0.05, 0) is 56.5 Å². The minimum atomic E-state index is -0.145. The fourth-order valence-electron chi connectivity index (χ4n) is 3.35. The van der Waals surface area contributed by atoms with E-state index in [1.54, 1.807) is 0 Å². The Bertz CT molecular complexity index is 729. The molecule has 3 rings (SSSR count). The van der Waals surface area contributed by atoms with E-state index in [0.717, 1.165) is 24.3 Å². The summed E-state index contributed by atoms with van der Waals surface area (Å²) in [6.45, 7) is 7.35. The average molecular weight is 364 g/mol. The first-order valence-corrected chi connectivity index (χ1v) is 9.07. The average Bonchev–Trinajstić information content (AvgIpc) is 2.53. The first kappa shape index (κ1) is 17.6. The molecule has 24 heavy (non-hydrogen) atoms. The molecule has 128 valence electrons. The zero-order chi connectivity index (χ0) is 17.3. The lowest BCUT2D eigenvalue weighted by Crippen LogP contribution is -2.38. The molecule has 2 atom stereocenters. The maximum atomic E-state index is 6.13. The second kappa shape index (κ2) is 6.95. The van der Waals surface area contributed by atoms with Gasteiger partial charge in [-0.1, -0.05) is 47.5 Å². The topological polar surface area (TPSA) is 21.3 Å². The van der Waals surface area contributed by atoms with Gasteiger partial charge in [0.25, 0.3) is 0 Å². The maximum Gasteiger partial charge on any atom is 0.123 e. The number of benzene rings is 2. The van der Waals surface area contributed by atoms with Gasteiger partial charge in [0.15, 0.2) is 0 Å². The Morgan fingerprint density at radius 1 is 1.17 bits per heavy atom. The molecule has 0 amide bonds. The second-order valence-corrected chi connectivity index (χ2v) is 7.92. The van der Waals surface area contributed by atoms with Crippen molar-refractivity contribution in [3.63, 3.8) is 0 Å². The number of rotatable bonds is 4. The van der Waals surface area contributed by atoms with Crippen molar-refractivity contribution >= 4 is 23.2 Å². The summed E-state index contributed by atoms with van der Waals surface area (Å²) in [7, 11) is 0. The quantitative estimate of drug-likeness (QED) is 0.720. The SMILES string of the molecule is CC(NC[C@@H]1CC(C)(C)Oc2ccccc21)c1ccc(Cl)c(Cl)c1. The van der Waals surface area contributed by atoms with E-state index >= 15 is 0 Å². The van der Waals surface area contributed by atoms with Crippen LogP contribution in [0.4, 0.5) is 0 Å². The summed E-state index contributed by atoms with van der Waals surface area (Å²) in [4.78, 5) is 0. The second-order valence-electron chi connectivity index (χ2n) is 7.10. The number of ether oxygens (including phenoxy) is 1. The molecule has 0 saturated heterocycles. The summed E-state index contributed by atoms with van der Waals surface area (Å²) < 4.78 is 6.11. The molecule has 2 nitrogen and oxygen atoms in total. The van der Waals surface area contributed by atoms with Crippen molar-refractivity contribution in [1.29, 1.82) is 0 Å². The molecule has 1 N–H and O–H groups in total. The third-order valence-corrected chi connectivity index (χ3v) is 5.34. The Balaban J connectivity index is 1.73. The van der Waals surface area contributed by atoms with Crippen LogP contribution >= 0.6 is 23.2 Å². The van der Waals surface area contributed by atoms with Crippen LogP contribution in [0.25, 0.3) is 0 Å². The number of para-hydroxylation sites is 1. The highest BCUT2D eigenvalue weighted by atomic mass is 35.5. The lowest BCUT2D eigenvalue weighted by Gasteiger charge is -2.38. The van der Waals surface area contributed by atoms with Gasteiger partial charge in [-0.25, -0.2) is 0 Å². The van der Waals surface area contributed by atoms with Crippen LogP contribution in [0.5, 0.6) is 5.75 Å². The van der Waals surface area contributed by atoms with Gasteiger partial charge >= 0.3 is 0 Å². The smallest absolute Gasteiger partial charge is 0.123 e. The van der Waals surface area contributed by atoms with Gasteiger partial charge in [0.2, 0.25) is 0 Å². The Hall–Kier alpha value is -1.22. The van der Waals surface area contributed by atoms with Crippen molar-refractivity contribution in [1.82, 2.24) is 5.32 Å². The molecule has 0 fully saturated rings. The van der Waals surface area contributed by atoms with E-state index in [-0.39, 0.29) is 11.6 Å². The zero-order valence-corrected chi connectivity index (χ0v) is 15.8. The monoisotopic (exact) mass is 363 g/mol. The summed E-state index contributed by atoms with van der Waals surface area (Å²) in [6, 6.07) is 14.4. The molecule has 0 radical (unpaired) electrons. The Morgan fingerprint density at radius 3 is 2.67 bits per heavy atom. The zero-order valence-electron chi connectivity index (χ0n) is 14.3. The van der Waals surface area contributed by atoms with Gasteiger partial charge < -0.3 is 10.1 Å². The van der Waals surface area contributed by atoms with Gasteiger partial charge in [-0.3, -0.25) is 0 Å². The summed E-state index contributed by atoms with van der Waals surface area (Å²) in [5, 5.41) is 4.82. The summed E-state index contributed by atoms with van der Waals surface area (Å²) in [5.41, 5.74) is 2.28. The number of fused-ring (bicyclic) bond motifs is 1. The summed E-state index contributed by atoms with van der Waals surface area (Å²) >= 11 is 12.1. The number of hydrogen-bond donors (Lipinski definition) is 1. The molecule has 0 saturated carbocycles. The minimum absolute atomic E-state index is 0.145. The number of halogens is 2. The molecule has 0 aliphatic carbocycles. The fraction of sp³-hybridized carbons (Fsp3) is 0.400. The molecule has 1 unspecified atom stereocenters. The Morgan fingerprint density at radius 2 is 1.92 bits per heavy atom. The largest absolute Gasteiger partial charge is 0.488 e. The fourth-order valence-corrected chi connectivity index (χ4v) is 3.66. The lowest BCUT2D eigenvalue weighted by atomic mass is 9.84. The normalized spacial score (nSPS) is 20.1. The third kappa shape index (κ3) is 3.88. The summed E-state index contributed by atoms with van der Waals surface area (Å²) in [6.07, 6.45) is 0.991. The third-order valence-electron chi connectivity index (χ3n) is 4.60. The minimum Gasteiger partial charge on any atom is -0.488 e. The van der Waals surface area contributed by atoms with Crippen molar-refractivity contribution in [3.05, 3.63) is 63.6 Å². The van der Waals surface area contributed by atoms with Gasteiger partial charge in [-0.2, -0.15) is 0 Å². The van der Waals surface area contributed by atoms with Gasteiger partial charge in [0.05, 0.1) is 10.0 Å². The van der Waals surface area contributed by atoms with Gasteiger partial charge in [0.1, 0.15) is 11.4 Å². The molecule has 1 aliphatic heterocycles. The van der Waals surface area contributed by atoms with E-state index in [1.807, 2.05) is 24.3 Å². The molecule has 0 aromatic heterocycles. The first-order chi connectivity index (χ1) is 11.4. The van der Waals surface area contributed by atoms with Crippen molar-refractivity contribution < 1.29 is 4.74 Å². The van der Waals surface area contributed by atoms with Crippen LogP contribution in [0.2, 0.25) is 10.0 Å². The predicted octanol–water partition coefficient (Wildman–Crippen LogP) is 5.99. The van der Waals surface area contributed by atoms with E-state index in [9.17, 15) is 0 Å². The number of nitrogens with one attached hydrogen (secondary N) is 1. The molecule has 4 heteroatoms. The van der Waals surface area contributed by atoms with Gasteiger partial charge in [-0.15, -0.1) is 0 Å². The Labute approximate surface area is 154 Å². The van der Waals surface area contributed by atoms with E-state index in [4.69, 9.17) is 27.9 Å². The van der Waals surface area contributed by atoms with Crippen LogP contribution in [0, 0.1) is 0 Å². The van der Waals surface area contributed by atoms with Crippen LogP contribution in [0.15, 0.2) is 42.5 Å². The highest BCUT2D eigenvalue weighted by Crippen LogP contribution is 2.40. The number of hydrogen-bond acceptors (Lipinski definition) is 2. The lowest BCUT2D eigenvalue weighted by molar-refractivity contribution is 0.0713. The molecular formula is C20H23Cl2NO. The molecule has 0 bridgehead atoms. The van der Waals surface area contributed by atoms with Crippen LogP contribution < -0.4 is 10.1 Å². The van der Waals surface area contributed by atoms with E-state index in [2.05, 4.69) is 44.3 Å². The van der Waals surface area contributed by atoms with Crippen LogP contribution in [0.3, 0.4) is 0 Å². The van der Waals surface area contributed by atoms with Crippen molar-refractivity contribution in [2.75, 3.05) is 6.54 Å². The predicted molar refractivity (Wildman–Crippen MR) is 101 cm³/mol. The van der Waals surface area contributed by atoms with Crippen molar-refractivity contribution in [3.8, 4) is 5.75 Å². The van der Waals surface area contributed by atoms with Crippen molar-refractivity contribution in [2.24, 2.45) is 0 Å².